The van der Waals surface area contributed by atoms with Gasteiger partial charge < -0.3 is 19.6 Å². The van der Waals surface area contributed by atoms with E-state index in [1.807, 2.05) is 34.1 Å². The van der Waals surface area contributed by atoms with E-state index >= 15 is 0 Å². The van der Waals surface area contributed by atoms with Gasteiger partial charge >= 0.3 is 0 Å². The van der Waals surface area contributed by atoms with E-state index in [0.29, 0.717) is 43.5 Å². The van der Waals surface area contributed by atoms with Crippen molar-refractivity contribution in [1.82, 2.24) is 24.5 Å². The summed E-state index contributed by atoms with van der Waals surface area (Å²) in [6, 6.07) is 7.47. The maximum atomic E-state index is 14.9. The lowest BCUT2D eigenvalue weighted by atomic mass is 9.83. The largest absolute Gasteiger partial charge is 0.338 e. The summed E-state index contributed by atoms with van der Waals surface area (Å²) in [6.07, 6.45) is 4.64. The van der Waals surface area contributed by atoms with Crippen molar-refractivity contribution in [1.29, 1.82) is 0 Å². The number of likely N-dealkylation sites (N-methyl/N-ethyl adjacent to an activating group) is 1. The van der Waals surface area contributed by atoms with Crippen LogP contribution in [-0.4, -0.2) is 118 Å². The molecule has 3 saturated heterocycles. The summed E-state index contributed by atoms with van der Waals surface area (Å²) < 4.78 is 0. The van der Waals surface area contributed by atoms with Crippen molar-refractivity contribution in [3.63, 3.8) is 0 Å². The Bertz CT molecular complexity index is 1200. The number of hydrogen-bond donors (Lipinski definition) is 0. The number of carbonyl (C=O) groups is 3. The highest BCUT2D eigenvalue weighted by atomic mass is 35.5. The molecule has 1 aliphatic carbocycles. The Balaban J connectivity index is 1.49. The third-order valence-electron chi connectivity index (χ3n) is 11.1. The van der Waals surface area contributed by atoms with Gasteiger partial charge in [-0.2, -0.15) is 0 Å². The van der Waals surface area contributed by atoms with Crippen LogP contribution in [0.2, 0.25) is 5.02 Å². The van der Waals surface area contributed by atoms with Crippen molar-refractivity contribution in [3.05, 3.63) is 34.9 Å². The second kappa shape index (κ2) is 12.9. The number of hydrogen-bond acceptors (Lipinski definition) is 5. The van der Waals surface area contributed by atoms with Crippen LogP contribution in [0.4, 0.5) is 0 Å². The fraction of sp³-hybridized carbons (Fsp3) is 0.743. The first-order valence-electron chi connectivity index (χ1n) is 16.8. The summed E-state index contributed by atoms with van der Waals surface area (Å²) in [4.78, 5) is 53.2. The molecule has 244 valence electrons. The van der Waals surface area contributed by atoms with Gasteiger partial charge in [-0.05, 0) is 84.0 Å². The van der Waals surface area contributed by atoms with Crippen molar-refractivity contribution in [2.45, 2.75) is 103 Å². The molecule has 0 bridgehead atoms. The number of benzene rings is 1. The molecule has 9 heteroatoms. The fourth-order valence-electron chi connectivity index (χ4n) is 8.37. The average Bonchev–Trinajstić information content (AvgIpc) is 3.57. The van der Waals surface area contributed by atoms with Crippen molar-refractivity contribution in [3.8, 4) is 0 Å². The van der Waals surface area contributed by atoms with Gasteiger partial charge in [-0.25, -0.2) is 0 Å². The molecule has 1 saturated carbocycles. The average molecular weight is 628 g/mol. The predicted molar refractivity (Wildman–Crippen MR) is 176 cm³/mol. The van der Waals surface area contributed by atoms with Gasteiger partial charge in [0.15, 0.2) is 0 Å². The van der Waals surface area contributed by atoms with E-state index in [0.717, 1.165) is 50.9 Å². The van der Waals surface area contributed by atoms with E-state index in [2.05, 4.69) is 56.4 Å². The Morgan fingerprint density at radius 1 is 0.932 bits per heavy atom. The van der Waals surface area contributed by atoms with Crippen LogP contribution in [0.5, 0.6) is 0 Å². The third kappa shape index (κ3) is 6.82. The molecule has 3 heterocycles. The van der Waals surface area contributed by atoms with Crippen molar-refractivity contribution < 1.29 is 14.4 Å². The Morgan fingerprint density at radius 2 is 1.55 bits per heavy atom. The lowest BCUT2D eigenvalue weighted by Gasteiger charge is -2.45. The standard InChI is InChI=1S/C35H54ClN5O3/c1-24-8-14-28(15-9-24)41(25(2)42)35(6)20-31(33(44)38-18-16-37(7)17-19-38)40(23-35)32(43)30-22-39(34(3,4)5)21-29(30)26-10-12-27(36)13-11-26/h10-13,24,28-31H,8-9,14-23H2,1-7H3/t24?,28?,29-,30+,31+,35+/m0/s1. The van der Waals surface area contributed by atoms with Crippen LogP contribution >= 0.6 is 11.6 Å². The lowest BCUT2D eigenvalue weighted by Crippen LogP contribution is -2.56. The molecule has 4 fully saturated rings. The first-order valence-corrected chi connectivity index (χ1v) is 17.1. The van der Waals surface area contributed by atoms with Crippen LogP contribution < -0.4 is 0 Å². The summed E-state index contributed by atoms with van der Waals surface area (Å²) in [5, 5.41) is 0.678. The molecule has 5 rings (SSSR count). The fourth-order valence-corrected chi connectivity index (χ4v) is 8.50. The number of likely N-dealkylation sites (tertiary alicyclic amines) is 2. The van der Waals surface area contributed by atoms with Crippen LogP contribution in [0.1, 0.15) is 85.1 Å². The summed E-state index contributed by atoms with van der Waals surface area (Å²) in [7, 11) is 2.08. The number of nitrogens with zero attached hydrogens (tertiary/aromatic N) is 5. The number of piperazine rings is 1. The molecule has 44 heavy (non-hydrogen) atoms. The van der Waals surface area contributed by atoms with E-state index in [4.69, 9.17) is 11.6 Å². The van der Waals surface area contributed by atoms with Crippen LogP contribution in [0.3, 0.4) is 0 Å². The molecule has 0 radical (unpaired) electrons. The summed E-state index contributed by atoms with van der Waals surface area (Å²) in [5.41, 5.74) is 0.403. The smallest absolute Gasteiger partial charge is 0.245 e. The molecular weight excluding hydrogens is 574 g/mol. The predicted octanol–water partition coefficient (Wildman–Crippen LogP) is 4.71. The summed E-state index contributed by atoms with van der Waals surface area (Å²) >= 11 is 6.25. The van der Waals surface area contributed by atoms with Gasteiger partial charge in [-0.1, -0.05) is 30.7 Å². The minimum atomic E-state index is -0.599. The molecule has 1 aromatic rings. The second-order valence-corrected chi connectivity index (χ2v) is 15.9. The van der Waals surface area contributed by atoms with Crippen molar-refractivity contribution in [2.24, 2.45) is 11.8 Å². The van der Waals surface area contributed by atoms with E-state index in [-0.39, 0.29) is 41.1 Å². The van der Waals surface area contributed by atoms with Crippen LogP contribution in [0.15, 0.2) is 24.3 Å². The monoisotopic (exact) mass is 627 g/mol. The highest BCUT2D eigenvalue weighted by Gasteiger charge is 2.55. The van der Waals surface area contributed by atoms with E-state index < -0.39 is 11.6 Å². The van der Waals surface area contributed by atoms with E-state index in [1.54, 1.807) is 6.92 Å². The summed E-state index contributed by atoms with van der Waals surface area (Å²) in [5.74, 6) is 0.485. The minimum Gasteiger partial charge on any atom is -0.338 e. The zero-order chi connectivity index (χ0) is 32.0. The second-order valence-electron chi connectivity index (χ2n) is 15.5. The van der Waals surface area contributed by atoms with Gasteiger partial charge in [0.2, 0.25) is 17.7 Å². The van der Waals surface area contributed by atoms with Crippen molar-refractivity contribution in [2.75, 3.05) is 52.9 Å². The first kappa shape index (κ1) is 33.2. The molecule has 1 aromatic carbocycles. The maximum Gasteiger partial charge on any atom is 0.245 e. The maximum absolute atomic E-state index is 14.9. The van der Waals surface area contributed by atoms with Gasteiger partial charge in [0.25, 0.3) is 0 Å². The zero-order valence-electron chi connectivity index (χ0n) is 28.0. The van der Waals surface area contributed by atoms with E-state index in [9.17, 15) is 14.4 Å². The molecule has 3 amide bonds. The molecule has 0 aromatic heterocycles. The summed E-state index contributed by atoms with van der Waals surface area (Å²) in [6.45, 7) is 17.4. The number of rotatable bonds is 5. The number of carbonyl (C=O) groups excluding carboxylic acids is 3. The quantitative estimate of drug-likeness (QED) is 0.473. The third-order valence-corrected chi connectivity index (χ3v) is 11.3. The van der Waals surface area contributed by atoms with Crippen LogP contribution in [0.25, 0.3) is 0 Å². The lowest BCUT2D eigenvalue weighted by molar-refractivity contribution is -0.147. The molecule has 0 spiro atoms. The van der Waals surface area contributed by atoms with Gasteiger partial charge in [0.1, 0.15) is 6.04 Å². The molecule has 0 N–H and O–H groups in total. The zero-order valence-corrected chi connectivity index (χ0v) is 28.8. The molecule has 0 unspecified atom stereocenters. The van der Waals surface area contributed by atoms with Gasteiger partial charge in [0.05, 0.1) is 11.5 Å². The molecule has 8 nitrogen and oxygen atoms in total. The van der Waals surface area contributed by atoms with E-state index in [1.165, 1.54) is 0 Å². The highest BCUT2D eigenvalue weighted by molar-refractivity contribution is 6.30. The van der Waals surface area contributed by atoms with Crippen molar-refractivity contribution >= 4 is 29.3 Å². The van der Waals surface area contributed by atoms with Crippen LogP contribution in [0, 0.1) is 11.8 Å². The Hall–Kier alpha value is -2.16. The topological polar surface area (TPSA) is 67.4 Å². The minimum absolute atomic E-state index is 0.00558. The van der Waals surface area contributed by atoms with Gasteiger partial charge in [-0.3, -0.25) is 19.3 Å². The molecule has 4 atom stereocenters. The Kier molecular flexibility index (Phi) is 9.75. The highest BCUT2D eigenvalue weighted by Crippen LogP contribution is 2.43. The van der Waals surface area contributed by atoms with Gasteiger partial charge in [-0.15, -0.1) is 0 Å². The number of halogens is 1. The molecule has 4 aliphatic rings. The number of amides is 3. The Labute approximate surface area is 270 Å². The van der Waals surface area contributed by atoms with Crippen LogP contribution in [-0.2, 0) is 14.4 Å². The normalized spacial score (nSPS) is 32.2. The van der Waals surface area contributed by atoms with Gasteiger partial charge in [0, 0.05) is 81.7 Å². The molecule has 3 aliphatic heterocycles. The Morgan fingerprint density at radius 3 is 2.11 bits per heavy atom. The SMILES string of the molecule is CC(=O)N(C1CCC(C)CC1)[C@]1(C)C[C@H](C(=O)N2CCN(C)CC2)N(C(=O)[C@@H]2CN(C(C)(C)C)C[C@H]2c2ccc(Cl)cc2)C1. The molecular formula is C35H54ClN5O3. The first-order chi connectivity index (χ1) is 20.7.